The monoisotopic (exact) mass is 445 g/mol. The standard InChI is InChI=1S/C23H22F3N3O3/c1-3-17-21(23(31)32)22(30)14-8-16(26)20(28-10-13(27)6-11(28)2)9-19(14)29(17)18-5-4-12(24)7-15(18)25/h4-5,7-9,11,13H,3,6,10,27H2,1-2H3,(H,31,32)/t11-,13-/m0/s1. The fraction of sp³-hybridized carbons (Fsp3) is 0.304. The molecule has 0 aliphatic carbocycles. The maximum absolute atomic E-state index is 15.1. The molecule has 2 heterocycles. The lowest BCUT2D eigenvalue weighted by Gasteiger charge is -2.26. The van der Waals surface area contributed by atoms with Crippen LogP contribution in [0.3, 0.4) is 0 Å². The van der Waals surface area contributed by atoms with E-state index >= 15 is 4.39 Å². The molecular weight excluding hydrogens is 423 g/mol. The van der Waals surface area contributed by atoms with Gasteiger partial charge in [-0.3, -0.25) is 4.79 Å². The Morgan fingerprint density at radius 2 is 1.84 bits per heavy atom. The van der Waals surface area contributed by atoms with Crippen LogP contribution in [0.2, 0.25) is 0 Å². The van der Waals surface area contributed by atoms with Gasteiger partial charge in [0.1, 0.15) is 23.0 Å². The average Bonchev–Trinajstić information content (AvgIpc) is 3.05. The van der Waals surface area contributed by atoms with Crippen molar-refractivity contribution < 1.29 is 23.1 Å². The van der Waals surface area contributed by atoms with E-state index in [9.17, 15) is 23.5 Å². The molecule has 1 saturated heterocycles. The zero-order chi connectivity index (χ0) is 23.3. The second-order valence-electron chi connectivity index (χ2n) is 8.06. The third-order valence-corrected chi connectivity index (χ3v) is 5.95. The molecule has 6 nitrogen and oxygen atoms in total. The molecular formula is C23H22F3N3O3. The fourth-order valence-electron chi connectivity index (χ4n) is 4.56. The Labute approximate surface area is 181 Å². The van der Waals surface area contributed by atoms with E-state index in [-0.39, 0.29) is 46.5 Å². The highest BCUT2D eigenvalue weighted by molar-refractivity contribution is 5.96. The highest BCUT2D eigenvalue weighted by atomic mass is 19.1. The summed E-state index contributed by atoms with van der Waals surface area (Å²) in [5.41, 5.74) is 4.79. The van der Waals surface area contributed by atoms with Crippen LogP contribution in [0.5, 0.6) is 0 Å². The van der Waals surface area contributed by atoms with Crippen molar-refractivity contribution in [2.45, 2.75) is 38.8 Å². The normalized spacial score (nSPS) is 18.5. The van der Waals surface area contributed by atoms with E-state index in [0.29, 0.717) is 19.0 Å². The molecule has 4 rings (SSSR count). The van der Waals surface area contributed by atoms with Gasteiger partial charge in [-0.2, -0.15) is 0 Å². The number of hydrogen-bond acceptors (Lipinski definition) is 4. The lowest BCUT2D eigenvalue weighted by molar-refractivity contribution is 0.0693. The summed E-state index contributed by atoms with van der Waals surface area (Å²) in [6, 6.07) is 5.04. The number of carboxylic acids is 1. The first-order valence-electron chi connectivity index (χ1n) is 10.3. The number of benzene rings is 2. The number of carboxylic acid groups (broad SMARTS) is 1. The first-order chi connectivity index (χ1) is 15.1. The van der Waals surface area contributed by atoms with Crippen LogP contribution in [0.25, 0.3) is 16.6 Å². The van der Waals surface area contributed by atoms with Gasteiger partial charge in [-0.05, 0) is 44.0 Å². The molecule has 1 aliphatic rings. The summed E-state index contributed by atoms with van der Waals surface area (Å²) in [7, 11) is 0. The smallest absolute Gasteiger partial charge is 0.341 e. The van der Waals surface area contributed by atoms with E-state index in [2.05, 4.69) is 0 Å². The number of aromatic nitrogens is 1. The van der Waals surface area contributed by atoms with Crippen molar-refractivity contribution >= 4 is 22.6 Å². The molecule has 0 saturated carbocycles. The number of nitrogens with zero attached hydrogens (tertiary/aromatic N) is 2. The third-order valence-electron chi connectivity index (χ3n) is 5.95. The Balaban J connectivity index is 2.15. The molecule has 0 radical (unpaired) electrons. The van der Waals surface area contributed by atoms with Gasteiger partial charge in [0.15, 0.2) is 0 Å². The number of rotatable bonds is 4. The van der Waals surface area contributed by atoms with E-state index in [1.807, 2.05) is 6.92 Å². The van der Waals surface area contributed by atoms with Crippen LogP contribution in [0, 0.1) is 17.5 Å². The van der Waals surface area contributed by atoms with Gasteiger partial charge in [0.25, 0.3) is 0 Å². The van der Waals surface area contributed by atoms with Crippen molar-refractivity contribution in [3.63, 3.8) is 0 Å². The molecule has 0 spiro atoms. The van der Waals surface area contributed by atoms with Gasteiger partial charge in [0, 0.05) is 35.8 Å². The molecule has 9 heteroatoms. The molecule has 168 valence electrons. The molecule has 1 aromatic heterocycles. The summed E-state index contributed by atoms with van der Waals surface area (Å²) in [6.45, 7) is 3.91. The van der Waals surface area contributed by atoms with Gasteiger partial charge in [0.05, 0.1) is 16.9 Å². The molecule has 0 unspecified atom stereocenters. The van der Waals surface area contributed by atoms with Gasteiger partial charge in [-0.25, -0.2) is 18.0 Å². The van der Waals surface area contributed by atoms with Crippen molar-refractivity contribution in [3.8, 4) is 5.69 Å². The quantitative estimate of drug-likeness (QED) is 0.641. The predicted octanol–water partition coefficient (Wildman–Crippen LogP) is 3.59. The number of nitrogens with two attached hydrogens (primary N) is 1. The van der Waals surface area contributed by atoms with Crippen molar-refractivity contribution in [2.24, 2.45) is 5.73 Å². The van der Waals surface area contributed by atoms with Crippen LogP contribution < -0.4 is 16.1 Å². The van der Waals surface area contributed by atoms with E-state index in [0.717, 1.165) is 18.2 Å². The maximum Gasteiger partial charge on any atom is 0.341 e. The Hall–Kier alpha value is -3.33. The predicted molar refractivity (Wildman–Crippen MR) is 115 cm³/mol. The largest absolute Gasteiger partial charge is 0.477 e. The van der Waals surface area contributed by atoms with Gasteiger partial charge >= 0.3 is 5.97 Å². The van der Waals surface area contributed by atoms with Crippen molar-refractivity contribution in [2.75, 3.05) is 11.4 Å². The summed E-state index contributed by atoms with van der Waals surface area (Å²) >= 11 is 0. The number of carbonyl (C=O) groups is 1. The molecule has 3 aromatic rings. The second-order valence-corrected chi connectivity index (χ2v) is 8.06. The topological polar surface area (TPSA) is 88.6 Å². The zero-order valence-corrected chi connectivity index (χ0v) is 17.5. The molecule has 32 heavy (non-hydrogen) atoms. The lowest BCUT2D eigenvalue weighted by atomic mass is 10.0. The van der Waals surface area contributed by atoms with Crippen LogP contribution in [0.4, 0.5) is 18.9 Å². The second kappa shape index (κ2) is 7.98. The SMILES string of the molecule is CCc1c(C(=O)O)c(=O)c2cc(F)c(N3C[C@@H](N)C[C@@H]3C)cc2n1-c1ccc(F)cc1F. The van der Waals surface area contributed by atoms with E-state index in [1.54, 1.807) is 11.8 Å². The first-order valence-corrected chi connectivity index (χ1v) is 10.3. The number of aromatic carboxylic acids is 1. The van der Waals surface area contributed by atoms with Crippen molar-refractivity contribution in [1.29, 1.82) is 0 Å². The van der Waals surface area contributed by atoms with Gasteiger partial charge in [-0.15, -0.1) is 0 Å². The zero-order valence-electron chi connectivity index (χ0n) is 17.5. The van der Waals surface area contributed by atoms with Crippen LogP contribution in [0.1, 0.15) is 36.3 Å². The van der Waals surface area contributed by atoms with Gasteiger partial charge in [-0.1, -0.05) is 6.92 Å². The minimum absolute atomic E-state index is 0.0317. The summed E-state index contributed by atoms with van der Waals surface area (Å²) in [5.74, 6) is -3.96. The van der Waals surface area contributed by atoms with Crippen LogP contribution in [-0.2, 0) is 6.42 Å². The summed E-state index contributed by atoms with van der Waals surface area (Å²) in [6.07, 6.45) is 0.719. The molecule has 0 amide bonds. The Bertz CT molecular complexity index is 1310. The van der Waals surface area contributed by atoms with Crippen molar-refractivity contribution in [1.82, 2.24) is 4.57 Å². The average molecular weight is 445 g/mol. The maximum atomic E-state index is 15.1. The Morgan fingerprint density at radius 1 is 1.16 bits per heavy atom. The minimum Gasteiger partial charge on any atom is -0.477 e. The molecule has 2 atom stereocenters. The van der Waals surface area contributed by atoms with E-state index in [4.69, 9.17) is 5.73 Å². The number of pyridine rings is 1. The van der Waals surface area contributed by atoms with Crippen LogP contribution >= 0.6 is 0 Å². The van der Waals surface area contributed by atoms with Gasteiger partial charge < -0.3 is 20.3 Å². The van der Waals surface area contributed by atoms with Crippen molar-refractivity contribution in [3.05, 3.63) is 69.3 Å². The third kappa shape index (κ3) is 3.42. The van der Waals surface area contributed by atoms with Crippen LogP contribution in [0.15, 0.2) is 35.1 Å². The number of anilines is 1. The minimum atomic E-state index is -1.51. The summed E-state index contributed by atoms with van der Waals surface area (Å²) in [5, 5.41) is 9.49. The van der Waals surface area contributed by atoms with Crippen LogP contribution in [-0.4, -0.2) is 34.3 Å². The number of halogens is 3. The van der Waals surface area contributed by atoms with E-state index in [1.165, 1.54) is 10.6 Å². The highest BCUT2D eigenvalue weighted by Crippen LogP contribution is 2.33. The summed E-state index contributed by atoms with van der Waals surface area (Å²) < 4.78 is 44.8. The Morgan fingerprint density at radius 3 is 2.41 bits per heavy atom. The summed E-state index contributed by atoms with van der Waals surface area (Å²) in [4.78, 5) is 26.7. The Kier molecular flexibility index (Phi) is 5.46. The lowest BCUT2D eigenvalue weighted by Crippen LogP contribution is -2.30. The molecule has 2 aromatic carbocycles. The number of hydrogen-bond donors (Lipinski definition) is 2. The van der Waals surface area contributed by atoms with E-state index < -0.39 is 34.4 Å². The fourth-order valence-corrected chi connectivity index (χ4v) is 4.56. The highest BCUT2D eigenvalue weighted by Gasteiger charge is 2.30. The molecule has 1 aliphatic heterocycles. The number of fused-ring (bicyclic) bond motifs is 1. The molecule has 1 fully saturated rings. The molecule has 3 N–H and O–H groups in total. The molecule has 0 bridgehead atoms. The first kappa shape index (κ1) is 21.9. The van der Waals surface area contributed by atoms with Gasteiger partial charge in [0.2, 0.25) is 5.43 Å².